The van der Waals surface area contributed by atoms with Gasteiger partial charge in [-0.05, 0) is 7.05 Å². The number of carbonyl (C=O) groups is 1. The Morgan fingerprint density at radius 3 is 2.15 bits per heavy atom. The fourth-order valence-corrected chi connectivity index (χ4v) is 0.867. The van der Waals surface area contributed by atoms with Crippen molar-refractivity contribution in [1.82, 2.24) is 5.32 Å². The molecule has 13 heavy (non-hydrogen) atoms. The van der Waals surface area contributed by atoms with Gasteiger partial charge in [0.05, 0.1) is 12.6 Å². The summed E-state index contributed by atoms with van der Waals surface area (Å²) in [7, 11) is 1.43. The number of aliphatic hydroxyl groups is 4. The number of hydrogen-bond donors (Lipinski definition) is 5. The van der Waals surface area contributed by atoms with Gasteiger partial charge in [0.2, 0.25) is 0 Å². The molecule has 0 spiro atoms. The van der Waals surface area contributed by atoms with Crippen molar-refractivity contribution in [2.75, 3.05) is 13.7 Å². The Labute approximate surface area is 75.8 Å². The lowest BCUT2D eigenvalue weighted by atomic mass is 10.0. The van der Waals surface area contributed by atoms with Crippen LogP contribution in [-0.4, -0.2) is 64.7 Å². The van der Waals surface area contributed by atoms with Gasteiger partial charge < -0.3 is 30.5 Å². The highest BCUT2D eigenvalue weighted by Gasteiger charge is 2.29. The predicted molar refractivity (Wildman–Crippen MR) is 44.0 cm³/mol. The molecule has 6 heteroatoms. The van der Waals surface area contributed by atoms with E-state index in [4.69, 9.17) is 15.3 Å². The third-order valence-corrected chi connectivity index (χ3v) is 1.78. The van der Waals surface area contributed by atoms with Gasteiger partial charge in [-0.1, -0.05) is 0 Å². The zero-order valence-corrected chi connectivity index (χ0v) is 7.29. The first-order valence-electron chi connectivity index (χ1n) is 3.86. The molecular weight excluding hydrogens is 178 g/mol. The lowest BCUT2D eigenvalue weighted by molar-refractivity contribution is -0.119. The number of hydrogen-bond acceptors (Lipinski definition) is 6. The third kappa shape index (κ3) is 3.37. The molecular formula is C7H15NO5. The van der Waals surface area contributed by atoms with Gasteiger partial charge in [0, 0.05) is 0 Å². The zero-order valence-electron chi connectivity index (χ0n) is 7.29. The largest absolute Gasteiger partial charge is 0.394 e. The van der Waals surface area contributed by atoms with Crippen molar-refractivity contribution < 1.29 is 25.2 Å². The van der Waals surface area contributed by atoms with Crippen LogP contribution in [0, 0.1) is 0 Å². The number of carbonyl (C=O) groups excluding carboxylic acids is 1. The number of nitrogens with one attached hydrogen (secondary N) is 1. The van der Waals surface area contributed by atoms with Crippen LogP contribution < -0.4 is 5.32 Å². The summed E-state index contributed by atoms with van der Waals surface area (Å²) in [5, 5.41) is 38.2. The Morgan fingerprint density at radius 2 is 1.85 bits per heavy atom. The smallest absolute Gasteiger partial charge is 0.139 e. The Balaban J connectivity index is 4.21. The summed E-state index contributed by atoms with van der Waals surface area (Å²) in [6.07, 6.45) is -4.03. The van der Waals surface area contributed by atoms with Crippen LogP contribution in [0.3, 0.4) is 0 Å². The second-order valence-corrected chi connectivity index (χ2v) is 2.68. The first-order chi connectivity index (χ1) is 6.08. The van der Waals surface area contributed by atoms with E-state index in [1.807, 2.05) is 0 Å². The molecule has 0 aromatic rings. The van der Waals surface area contributed by atoms with Crippen LogP contribution in [0.4, 0.5) is 0 Å². The lowest BCUT2D eigenvalue weighted by Crippen LogP contribution is -2.51. The standard InChI is InChI=1S/C7H15NO5/c1-8-4(2-9)6(12)7(13)5(11)3-10/h2,4-8,10-13H,3H2,1H3/t4-,5+,6-,7-/m1/s1. The van der Waals surface area contributed by atoms with E-state index in [2.05, 4.69) is 5.32 Å². The highest BCUT2D eigenvalue weighted by molar-refractivity contribution is 5.58. The van der Waals surface area contributed by atoms with Crippen LogP contribution in [-0.2, 0) is 4.79 Å². The van der Waals surface area contributed by atoms with Gasteiger partial charge in [-0.2, -0.15) is 0 Å². The maximum atomic E-state index is 10.3. The molecule has 0 saturated carbocycles. The summed E-state index contributed by atoms with van der Waals surface area (Å²) in [5.74, 6) is 0. The van der Waals surface area contributed by atoms with Crippen molar-refractivity contribution in [3.8, 4) is 0 Å². The molecule has 0 aromatic heterocycles. The first kappa shape index (κ1) is 12.5. The van der Waals surface area contributed by atoms with Crippen LogP contribution >= 0.6 is 0 Å². The molecule has 0 rings (SSSR count). The van der Waals surface area contributed by atoms with Crippen LogP contribution in [0.5, 0.6) is 0 Å². The maximum absolute atomic E-state index is 10.3. The fourth-order valence-electron chi connectivity index (χ4n) is 0.867. The van der Waals surface area contributed by atoms with E-state index in [1.165, 1.54) is 7.05 Å². The fraction of sp³-hybridized carbons (Fsp3) is 0.857. The monoisotopic (exact) mass is 193 g/mol. The Morgan fingerprint density at radius 1 is 1.31 bits per heavy atom. The number of likely N-dealkylation sites (N-methyl/N-ethyl adjacent to an activating group) is 1. The molecule has 0 heterocycles. The molecule has 0 fully saturated rings. The minimum atomic E-state index is -1.55. The van der Waals surface area contributed by atoms with Crippen molar-refractivity contribution >= 4 is 6.29 Å². The molecule has 0 bridgehead atoms. The molecule has 0 radical (unpaired) electrons. The average molecular weight is 193 g/mol. The van der Waals surface area contributed by atoms with Gasteiger partial charge in [0.25, 0.3) is 0 Å². The van der Waals surface area contributed by atoms with Crippen LogP contribution in [0.2, 0.25) is 0 Å². The minimum absolute atomic E-state index is 0.415. The van der Waals surface area contributed by atoms with Crippen molar-refractivity contribution in [3.05, 3.63) is 0 Å². The quantitative estimate of drug-likeness (QED) is 0.285. The van der Waals surface area contributed by atoms with E-state index in [-0.39, 0.29) is 0 Å². The van der Waals surface area contributed by atoms with E-state index in [0.29, 0.717) is 6.29 Å². The van der Waals surface area contributed by atoms with Crippen molar-refractivity contribution in [2.45, 2.75) is 24.4 Å². The normalized spacial score (nSPS) is 20.4. The highest BCUT2D eigenvalue weighted by atomic mass is 16.4. The van der Waals surface area contributed by atoms with Crippen LogP contribution in [0.15, 0.2) is 0 Å². The summed E-state index contributed by atoms with van der Waals surface area (Å²) in [6.45, 7) is -0.673. The van der Waals surface area contributed by atoms with E-state index < -0.39 is 31.0 Å². The Kier molecular flexibility index (Phi) is 5.76. The summed E-state index contributed by atoms with van der Waals surface area (Å²) < 4.78 is 0. The summed E-state index contributed by atoms with van der Waals surface area (Å²) in [4.78, 5) is 10.3. The molecule has 0 saturated heterocycles. The number of aldehydes is 1. The van der Waals surface area contributed by atoms with E-state index >= 15 is 0 Å². The maximum Gasteiger partial charge on any atom is 0.139 e. The van der Waals surface area contributed by atoms with Gasteiger partial charge in [0.15, 0.2) is 0 Å². The molecule has 6 nitrogen and oxygen atoms in total. The van der Waals surface area contributed by atoms with Gasteiger partial charge >= 0.3 is 0 Å². The molecule has 4 atom stereocenters. The van der Waals surface area contributed by atoms with E-state index in [0.717, 1.165) is 0 Å². The molecule has 0 aromatic carbocycles. The SMILES string of the molecule is CN[C@H](C=O)[C@@H](O)[C@H](O)[C@@H](O)CO. The molecule has 0 aliphatic rings. The van der Waals surface area contributed by atoms with Gasteiger partial charge in [-0.15, -0.1) is 0 Å². The second-order valence-electron chi connectivity index (χ2n) is 2.68. The molecule has 0 aliphatic carbocycles. The summed E-state index contributed by atoms with van der Waals surface area (Å²) >= 11 is 0. The number of aliphatic hydroxyl groups excluding tert-OH is 4. The van der Waals surface area contributed by atoms with Gasteiger partial charge in [-0.3, -0.25) is 0 Å². The number of rotatable bonds is 6. The van der Waals surface area contributed by atoms with Crippen molar-refractivity contribution in [2.24, 2.45) is 0 Å². The molecule has 0 unspecified atom stereocenters. The topological polar surface area (TPSA) is 110 Å². The first-order valence-corrected chi connectivity index (χ1v) is 3.86. The zero-order chi connectivity index (χ0) is 10.4. The van der Waals surface area contributed by atoms with E-state index in [1.54, 1.807) is 0 Å². The molecule has 5 N–H and O–H groups in total. The summed E-state index contributed by atoms with van der Waals surface area (Å²) in [5.41, 5.74) is 0. The molecule has 0 aliphatic heterocycles. The minimum Gasteiger partial charge on any atom is -0.394 e. The second kappa shape index (κ2) is 6.01. The van der Waals surface area contributed by atoms with Gasteiger partial charge in [0.1, 0.15) is 24.6 Å². The molecule has 78 valence electrons. The van der Waals surface area contributed by atoms with Crippen molar-refractivity contribution in [3.63, 3.8) is 0 Å². The van der Waals surface area contributed by atoms with E-state index in [9.17, 15) is 9.90 Å². The Bertz CT molecular complexity index is 154. The highest BCUT2D eigenvalue weighted by Crippen LogP contribution is 2.03. The van der Waals surface area contributed by atoms with Crippen molar-refractivity contribution in [1.29, 1.82) is 0 Å². The lowest BCUT2D eigenvalue weighted by Gasteiger charge is -2.25. The summed E-state index contributed by atoms with van der Waals surface area (Å²) in [6, 6.07) is -0.962. The predicted octanol–water partition coefficient (Wildman–Crippen LogP) is -3.15. The Hall–Kier alpha value is -0.530. The van der Waals surface area contributed by atoms with Gasteiger partial charge in [-0.25, -0.2) is 0 Å². The molecule has 0 amide bonds. The third-order valence-electron chi connectivity index (χ3n) is 1.78. The average Bonchev–Trinajstić information content (AvgIpc) is 2.17. The van der Waals surface area contributed by atoms with Crippen LogP contribution in [0.25, 0.3) is 0 Å². The van der Waals surface area contributed by atoms with Crippen LogP contribution in [0.1, 0.15) is 0 Å².